The molecule has 0 aliphatic carbocycles. The van der Waals surface area contributed by atoms with Gasteiger partial charge < -0.3 is 5.11 Å². The van der Waals surface area contributed by atoms with Crippen molar-refractivity contribution in [2.45, 2.75) is 31.8 Å². The van der Waals surface area contributed by atoms with Gasteiger partial charge in [-0.25, -0.2) is 0 Å². The molecule has 0 saturated carbocycles. The third-order valence-corrected chi connectivity index (χ3v) is 5.40. The highest BCUT2D eigenvalue weighted by atomic mass is 16.3. The summed E-state index contributed by atoms with van der Waals surface area (Å²) in [4.78, 5) is 14.0. The van der Waals surface area contributed by atoms with Crippen LogP contribution in [0.2, 0.25) is 0 Å². The van der Waals surface area contributed by atoms with Crippen LogP contribution in [-0.2, 0) is 10.2 Å². The Morgan fingerprint density at radius 1 is 0.778 bits per heavy atom. The van der Waals surface area contributed by atoms with Gasteiger partial charge in [-0.2, -0.15) is 0 Å². The van der Waals surface area contributed by atoms with Gasteiger partial charge in [0.05, 0.1) is 6.10 Å². The summed E-state index contributed by atoms with van der Waals surface area (Å²) in [6.07, 6.45) is -0.130. The maximum atomic E-state index is 14.0. The number of aliphatic hydroxyl groups excluding tert-OH is 1. The smallest absolute Gasteiger partial charge is 0.157 e. The van der Waals surface area contributed by atoms with Crippen LogP contribution >= 0.6 is 0 Å². The minimum atomic E-state index is -0.959. The first-order chi connectivity index (χ1) is 13.1. The van der Waals surface area contributed by atoms with Crippen LogP contribution in [0, 0.1) is 5.92 Å². The fraction of sp³-hybridized carbons (Fsp3) is 0.240. The van der Waals surface area contributed by atoms with Crippen molar-refractivity contribution in [3.8, 4) is 0 Å². The second-order valence-corrected chi connectivity index (χ2v) is 6.98. The Balaban J connectivity index is 2.35. The highest BCUT2D eigenvalue weighted by Gasteiger charge is 2.46. The van der Waals surface area contributed by atoms with Crippen molar-refractivity contribution < 1.29 is 9.90 Å². The molecule has 3 rings (SSSR count). The van der Waals surface area contributed by atoms with Gasteiger partial charge >= 0.3 is 0 Å². The van der Waals surface area contributed by atoms with E-state index in [1.165, 1.54) is 0 Å². The predicted molar refractivity (Wildman–Crippen MR) is 110 cm³/mol. The second kappa shape index (κ2) is 8.32. The molecule has 2 nitrogen and oxygen atoms in total. The molecule has 1 N–H and O–H groups in total. The Morgan fingerprint density at radius 2 is 1.11 bits per heavy atom. The Labute approximate surface area is 161 Å². The van der Waals surface area contributed by atoms with Crippen LogP contribution in [0.25, 0.3) is 0 Å². The molecule has 3 aromatic rings. The van der Waals surface area contributed by atoms with Crippen molar-refractivity contribution in [3.05, 3.63) is 108 Å². The first-order valence-corrected chi connectivity index (χ1v) is 9.51. The van der Waals surface area contributed by atoms with Crippen molar-refractivity contribution in [2.24, 2.45) is 5.92 Å². The third kappa shape index (κ3) is 3.45. The second-order valence-electron chi connectivity index (χ2n) is 6.98. The van der Waals surface area contributed by atoms with E-state index in [1.54, 1.807) is 0 Å². The number of Topliss-reactive ketones (excluding diaryl/α,β-unsaturated/α-hetero) is 1. The lowest BCUT2D eigenvalue weighted by atomic mass is 9.63. The summed E-state index contributed by atoms with van der Waals surface area (Å²) < 4.78 is 0. The van der Waals surface area contributed by atoms with Crippen LogP contribution in [0.1, 0.15) is 37.0 Å². The van der Waals surface area contributed by atoms with Gasteiger partial charge in [0.15, 0.2) is 5.78 Å². The Morgan fingerprint density at radius 3 is 1.41 bits per heavy atom. The van der Waals surface area contributed by atoms with E-state index in [0.717, 1.165) is 16.7 Å². The molecule has 27 heavy (non-hydrogen) atoms. The standard InChI is InChI=1S/C25H26O2/c1-3-23(26)19(2)24(27)25(20-13-7-4-8-14-20,21-15-9-5-10-16-21)22-17-11-6-12-18-22/h4-19,23,26H,3H2,1-2H3. The highest BCUT2D eigenvalue weighted by Crippen LogP contribution is 2.42. The molecule has 0 amide bonds. The summed E-state index contributed by atoms with van der Waals surface area (Å²) in [5.74, 6) is -0.476. The zero-order valence-corrected chi connectivity index (χ0v) is 15.9. The number of hydrogen-bond donors (Lipinski definition) is 1. The molecular formula is C25H26O2. The SMILES string of the molecule is CCC(O)C(C)C(=O)C(c1ccccc1)(c1ccccc1)c1ccccc1. The van der Waals surface area contributed by atoms with Crippen LogP contribution in [0.4, 0.5) is 0 Å². The van der Waals surface area contributed by atoms with Gasteiger partial charge in [0.2, 0.25) is 0 Å². The zero-order valence-electron chi connectivity index (χ0n) is 15.9. The van der Waals surface area contributed by atoms with E-state index < -0.39 is 17.4 Å². The van der Waals surface area contributed by atoms with Crippen LogP contribution < -0.4 is 0 Å². The Bertz CT molecular complexity index is 760. The maximum Gasteiger partial charge on any atom is 0.157 e. The molecule has 3 aromatic carbocycles. The van der Waals surface area contributed by atoms with Crippen molar-refractivity contribution in [1.82, 2.24) is 0 Å². The van der Waals surface area contributed by atoms with Gasteiger partial charge in [0.25, 0.3) is 0 Å². The van der Waals surface area contributed by atoms with Gasteiger partial charge in [-0.3, -0.25) is 4.79 Å². The third-order valence-electron chi connectivity index (χ3n) is 5.40. The van der Waals surface area contributed by atoms with E-state index in [-0.39, 0.29) is 5.78 Å². The van der Waals surface area contributed by atoms with Crippen molar-refractivity contribution in [2.75, 3.05) is 0 Å². The lowest BCUT2D eigenvalue weighted by Gasteiger charge is -2.37. The monoisotopic (exact) mass is 358 g/mol. The van der Waals surface area contributed by atoms with Crippen LogP contribution in [0.5, 0.6) is 0 Å². The number of carbonyl (C=O) groups excluding carboxylic acids is 1. The largest absolute Gasteiger partial charge is 0.392 e. The van der Waals surface area contributed by atoms with Crippen molar-refractivity contribution >= 4 is 5.78 Å². The average Bonchev–Trinajstić information content (AvgIpc) is 2.75. The molecule has 0 saturated heterocycles. The normalized spacial score (nSPS) is 13.7. The van der Waals surface area contributed by atoms with E-state index in [0.29, 0.717) is 6.42 Å². The quantitative estimate of drug-likeness (QED) is 0.604. The summed E-state index contributed by atoms with van der Waals surface area (Å²) in [7, 11) is 0. The van der Waals surface area contributed by atoms with Gasteiger partial charge in [-0.1, -0.05) is 105 Å². The first-order valence-electron chi connectivity index (χ1n) is 9.51. The van der Waals surface area contributed by atoms with Crippen molar-refractivity contribution in [3.63, 3.8) is 0 Å². The van der Waals surface area contributed by atoms with E-state index in [4.69, 9.17) is 0 Å². The van der Waals surface area contributed by atoms with Gasteiger partial charge in [0, 0.05) is 5.92 Å². The molecule has 0 fully saturated rings. The van der Waals surface area contributed by atoms with E-state index in [2.05, 4.69) is 0 Å². The molecule has 2 heteroatoms. The minimum Gasteiger partial charge on any atom is -0.392 e. The summed E-state index contributed by atoms with van der Waals surface area (Å²) in [5.41, 5.74) is 1.80. The molecule has 0 heterocycles. The number of benzene rings is 3. The fourth-order valence-corrected chi connectivity index (χ4v) is 3.86. The molecule has 138 valence electrons. The summed E-state index contributed by atoms with van der Waals surface area (Å²) >= 11 is 0. The summed E-state index contributed by atoms with van der Waals surface area (Å²) in [6.45, 7) is 3.74. The molecule has 2 atom stereocenters. The number of hydrogen-bond acceptors (Lipinski definition) is 2. The first kappa shape index (κ1) is 19.1. The predicted octanol–water partition coefficient (Wildman–Crippen LogP) is 5.00. The lowest BCUT2D eigenvalue weighted by molar-refractivity contribution is -0.128. The fourth-order valence-electron chi connectivity index (χ4n) is 3.86. The van der Waals surface area contributed by atoms with E-state index in [1.807, 2.05) is 105 Å². The van der Waals surface area contributed by atoms with E-state index in [9.17, 15) is 9.90 Å². The van der Waals surface area contributed by atoms with Gasteiger partial charge in [0.1, 0.15) is 5.41 Å². The molecule has 0 aliphatic rings. The molecule has 0 radical (unpaired) electrons. The molecule has 0 aliphatic heterocycles. The van der Waals surface area contributed by atoms with Gasteiger partial charge in [-0.05, 0) is 23.1 Å². The minimum absolute atomic E-state index is 0.0143. The maximum absolute atomic E-state index is 14.0. The Kier molecular flexibility index (Phi) is 5.88. The highest BCUT2D eigenvalue weighted by molar-refractivity contribution is 5.99. The van der Waals surface area contributed by atoms with E-state index >= 15 is 0 Å². The van der Waals surface area contributed by atoms with Crippen LogP contribution in [0.3, 0.4) is 0 Å². The number of rotatable bonds is 7. The summed E-state index contributed by atoms with van der Waals surface area (Å²) in [5, 5.41) is 10.5. The number of ketones is 1. The molecular weight excluding hydrogens is 332 g/mol. The Hall–Kier alpha value is -2.71. The molecule has 0 bridgehead atoms. The average molecular weight is 358 g/mol. The number of carbonyl (C=O) groups is 1. The molecule has 2 unspecified atom stereocenters. The van der Waals surface area contributed by atoms with Crippen LogP contribution in [0.15, 0.2) is 91.0 Å². The lowest BCUT2D eigenvalue weighted by Crippen LogP contribution is -2.44. The van der Waals surface area contributed by atoms with Crippen molar-refractivity contribution in [1.29, 1.82) is 0 Å². The topological polar surface area (TPSA) is 37.3 Å². The van der Waals surface area contributed by atoms with Crippen LogP contribution in [-0.4, -0.2) is 17.0 Å². The molecule has 0 aromatic heterocycles. The molecule has 0 spiro atoms. The van der Waals surface area contributed by atoms with Gasteiger partial charge in [-0.15, -0.1) is 0 Å². The zero-order chi connectivity index (χ0) is 19.3. The summed E-state index contributed by atoms with van der Waals surface area (Å²) in [6, 6.07) is 29.7. The number of aliphatic hydroxyl groups is 1.